The zero-order valence-electron chi connectivity index (χ0n) is 21.7. The lowest BCUT2D eigenvalue weighted by Gasteiger charge is -2.44. The fraction of sp³-hybridized carbons (Fsp3) is 0.333. The standard InChI is InChI=1S/C30H32FN3O4/c1-37-24-13-11-23(12-14-24)34-28(35)16-15-25(29(34)21-7-9-22(31)10-8-21)30(36)33-19-17-32(18-20-33)26-5-3-4-6-27(26)38-2/h3-14,25,29H,15-20H2,1-2H3/t25-,29+/m0/s1. The summed E-state index contributed by atoms with van der Waals surface area (Å²) in [6, 6.07) is 20.7. The van der Waals surface area contributed by atoms with Crippen LogP contribution in [0.2, 0.25) is 0 Å². The molecule has 2 heterocycles. The second kappa shape index (κ2) is 11.1. The largest absolute Gasteiger partial charge is 0.497 e. The quantitative estimate of drug-likeness (QED) is 0.475. The minimum absolute atomic E-state index is 0.0185. The van der Waals surface area contributed by atoms with Crippen LogP contribution in [0.1, 0.15) is 24.4 Å². The van der Waals surface area contributed by atoms with Crippen molar-refractivity contribution in [1.29, 1.82) is 0 Å². The predicted molar refractivity (Wildman–Crippen MR) is 144 cm³/mol. The third-order valence-electron chi connectivity index (χ3n) is 7.49. The molecule has 0 N–H and O–H groups in total. The summed E-state index contributed by atoms with van der Waals surface area (Å²) in [5.74, 6) is 0.640. The topological polar surface area (TPSA) is 62.3 Å². The van der Waals surface area contributed by atoms with E-state index in [2.05, 4.69) is 4.90 Å². The van der Waals surface area contributed by atoms with Crippen molar-refractivity contribution in [3.05, 3.63) is 84.2 Å². The lowest BCUT2D eigenvalue weighted by atomic mass is 9.82. The summed E-state index contributed by atoms with van der Waals surface area (Å²) >= 11 is 0. The monoisotopic (exact) mass is 517 g/mol. The van der Waals surface area contributed by atoms with E-state index >= 15 is 0 Å². The van der Waals surface area contributed by atoms with Gasteiger partial charge in [-0.2, -0.15) is 0 Å². The number of hydrogen-bond donors (Lipinski definition) is 0. The van der Waals surface area contributed by atoms with Crippen LogP contribution in [0, 0.1) is 11.7 Å². The summed E-state index contributed by atoms with van der Waals surface area (Å²) in [5.41, 5.74) is 2.44. The van der Waals surface area contributed by atoms with Crippen LogP contribution in [0.3, 0.4) is 0 Å². The average molecular weight is 518 g/mol. The Labute approximate surface area is 222 Å². The van der Waals surface area contributed by atoms with Gasteiger partial charge in [0.1, 0.15) is 17.3 Å². The van der Waals surface area contributed by atoms with Gasteiger partial charge in [-0.15, -0.1) is 0 Å². The molecule has 2 amide bonds. The molecule has 198 valence electrons. The number of amides is 2. The maximum absolute atomic E-state index is 14.0. The summed E-state index contributed by atoms with van der Waals surface area (Å²) in [6.07, 6.45) is 0.709. The van der Waals surface area contributed by atoms with E-state index in [-0.39, 0.29) is 24.1 Å². The molecule has 0 radical (unpaired) electrons. The molecule has 2 fully saturated rings. The fourth-order valence-corrected chi connectivity index (χ4v) is 5.53. The van der Waals surface area contributed by atoms with Gasteiger partial charge in [-0.25, -0.2) is 4.39 Å². The van der Waals surface area contributed by atoms with E-state index < -0.39 is 12.0 Å². The number of benzene rings is 3. The normalized spacial score (nSPS) is 19.9. The Morgan fingerprint density at radius 3 is 2.21 bits per heavy atom. The SMILES string of the molecule is COc1ccc(N2C(=O)CC[C@H](C(=O)N3CCN(c4ccccc4OC)CC3)[C@H]2c2ccc(F)cc2)cc1. The molecule has 3 aromatic carbocycles. The molecule has 0 bridgehead atoms. The number of ether oxygens (including phenoxy) is 2. The molecule has 7 nitrogen and oxygen atoms in total. The molecule has 2 aliphatic rings. The van der Waals surface area contributed by atoms with Gasteiger partial charge in [-0.1, -0.05) is 24.3 Å². The van der Waals surface area contributed by atoms with Gasteiger partial charge in [0.25, 0.3) is 0 Å². The zero-order valence-corrected chi connectivity index (χ0v) is 21.7. The Morgan fingerprint density at radius 2 is 1.55 bits per heavy atom. The molecule has 5 rings (SSSR count). The van der Waals surface area contributed by atoms with Gasteiger partial charge in [0.05, 0.1) is 31.9 Å². The number of para-hydroxylation sites is 2. The third-order valence-corrected chi connectivity index (χ3v) is 7.49. The van der Waals surface area contributed by atoms with Crippen molar-refractivity contribution in [3.63, 3.8) is 0 Å². The van der Waals surface area contributed by atoms with Crippen molar-refractivity contribution in [2.75, 3.05) is 50.2 Å². The van der Waals surface area contributed by atoms with Crippen LogP contribution in [0.15, 0.2) is 72.8 Å². The lowest BCUT2D eigenvalue weighted by molar-refractivity contribution is -0.138. The highest BCUT2D eigenvalue weighted by Crippen LogP contribution is 2.41. The molecule has 8 heteroatoms. The van der Waals surface area contributed by atoms with Gasteiger partial charge in [-0.05, 0) is 60.5 Å². The summed E-state index contributed by atoms with van der Waals surface area (Å²) in [5, 5.41) is 0. The molecule has 2 saturated heterocycles. The summed E-state index contributed by atoms with van der Waals surface area (Å²) in [6.45, 7) is 2.50. The van der Waals surface area contributed by atoms with Crippen molar-refractivity contribution in [2.45, 2.75) is 18.9 Å². The van der Waals surface area contributed by atoms with Gasteiger partial charge in [0.2, 0.25) is 11.8 Å². The van der Waals surface area contributed by atoms with E-state index in [0.29, 0.717) is 44.0 Å². The highest BCUT2D eigenvalue weighted by molar-refractivity contribution is 5.97. The number of piperazine rings is 1. The van der Waals surface area contributed by atoms with E-state index in [4.69, 9.17) is 9.47 Å². The minimum atomic E-state index is -0.537. The molecule has 2 atom stereocenters. The number of anilines is 2. The molecule has 38 heavy (non-hydrogen) atoms. The number of nitrogens with zero attached hydrogens (tertiary/aromatic N) is 3. The maximum Gasteiger partial charge on any atom is 0.228 e. The first-order valence-corrected chi connectivity index (χ1v) is 12.9. The first-order valence-electron chi connectivity index (χ1n) is 12.9. The molecule has 0 aromatic heterocycles. The summed E-state index contributed by atoms with van der Waals surface area (Å²) in [4.78, 5) is 33.1. The zero-order chi connectivity index (χ0) is 26.6. The van der Waals surface area contributed by atoms with Crippen LogP contribution in [-0.4, -0.2) is 57.1 Å². The van der Waals surface area contributed by atoms with Crippen molar-refractivity contribution >= 4 is 23.2 Å². The van der Waals surface area contributed by atoms with Crippen molar-refractivity contribution in [2.24, 2.45) is 5.92 Å². The molecular formula is C30H32FN3O4. The predicted octanol–water partition coefficient (Wildman–Crippen LogP) is 4.68. The first-order chi connectivity index (χ1) is 18.5. The van der Waals surface area contributed by atoms with Crippen LogP contribution < -0.4 is 19.3 Å². The van der Waals surface area contributed by atoms with Crippen LogP contribution in [0.25, 0.3) is 0 Å². The third kappa shape index (κ3) is 5.03. The number of piperidine rings is 1. The number of rotatable bonds is 6. The molecule has 0 aliphatic carbocycles. The van der Waals surface area contributed by atoms with E-state index in [1.54, 1.807) is 43.4 Å². The maximum atomic E-state index is 14.0. The van der Waals surface area contributed by atoms with Crippen LogP contribution in [0.4, 0.5) is 15.8 Å². The van der Waals surface area contributed by atoms with Gasteiger partial charge in [0.15, 0.2) is 0 Å². The Kier molecular flexibility index (Phi) is 7.49. The Hall–Kier alpha value is -4.07. The van der Waals surface area contributed by atoms with E-state index in [1.807, 2.05) is 41.3 Å². The van der Waals surface area contributed by atoms with Crippen LogP contribution >= 0.6 is 0 Å². The van der Waals surface area contributed by atoms with Crippen molar-refractivity contribution in [1.82, 2.24) is 4.90 Å². The second-order valence-corrected chi connectivity index (χ2v) is 9.59. The van der Waals surface area contributed by atoms with Crippen LogP contribution in [-0.2, 0) is 9.59 Å². The molecular weight excluding hydrogens is 485 g/mol. The van der Waals surface area contributed by atoms with E-state index in [0.717, 1.165) is 17.0 Å². The average Bonchev–Trinajstić information content (AvgIpc) is 2.97. The van der Waals surface area contributed by atoms with Crippen molar-refractivity contribution in [3.8, 4) is 11.5 Å². The van der Waals surface area contributed by atoms with Gasteiger partial charge >= 0.3 is 0 Å². The number of methoxy groups -OCH3 is 2. The van der Waals surface area contributed by atoms with E-state index in [9.17, 15) is 14.0 Å². The van der Waals surface area contributed by atoms with E-state index in [1.165, 1.54) is 12.1 Å². The number of hydrogen-bond acceptors (Lipinski definition) is 5. The molecule has 0 spiro atoms. The molecule has 0 unspecified atom stereocenters. The van der Waals surface area contributed by atoms with Crippen LogP contribution in [0.5, 0.6) is 11.5 Å². The molecule has 0 saturated carbocycles. The van der Waals surface area contributed by atoms with Gasteiger partial charge in [0, 0.05) is 38.3 Å². The Balaban J connectivity index is 1.41. The highest BCUT2D eigenvalue weighted by Gasteiger charge is 2.43. The fourth-order valence-electron chi connectivity index (χ4n) is 5.53. The molecule has 3 aromatic rings. The summed E-state index contributed by atoms with van der Waals surface area (Å²) < 4.78 is 24.6. The number of halogens is 1. The van der Waals surface area contributed by atoms with Crippen molar-refractivity contribution < 1.29 is 23.5 Å². The Bertz CT molecular complexity index is 1270. The number of carbonyl (C=O) groups excluding carboxylic acids is 2. The first kappa shape index (κ1) is 25.6. The molecule has 2 aliphatic heterocycles. The number of carbonyl (C=O) groups is 2. The smallest absolute Gasteiger partial charge is 0.228 e. The highest BCUT2D eigenvalue weighted by atomic mass is 19.1. The summed E-state index contributed by atoms with van der Waals surface area (Å²) in [7, 11) is 3.25. The van der Waals surface area contributed by atoms with Gasteiger partial charge in [-0.3, -0.25) is 9.59 Å². The lowest BCUT2D eigenvalue weighted by Crippen LogP contribution is -2.54. The van der Waals surface area contributed by atoms with Gasteiger partial charge < -0.3 is 24.2 Å². The second-order valence-electron chi connectivity index (χ2n) is 9.59. The minimum Gasteiger partial charge on any atom is -0.497 e. The Morgan fingerprint density at radius 1 is 0.868 bits per heavy atom.